The summed E-state index contributed by atoms with van der Waals surface area (Å²) in [4.78, 5) is 46.1. The summed E-state index contributed by atoms with van der Waals surface area (Å²) in [6.07, 6.45) is 1.66. The summed E-state index contributed by atoms with van der Waals surface area (Å²) >= 11 is 2.83. The van der Waals surface area contributed by atoms with Crippen LogP contribution < -0.4 is 5.56 Å². The van der Waals surface area contributed by atoms with E-state index in [1.807, 2.05) is 36.4 Å². The average Bonchev–Trinajstić information content (AvgIpc) is 3.37. The molecule has 0 fully saturated rings. The Morgan fingerprint density at radius 2 is 1.64 bits per heavy atom. The number of carbonyl (C=O) groups excluding carboxylic acids is 2. The molecule has 2 aromatic carbocycles. The molecule has 0 atom stereocenters. The zero-order chi connectivity index (χ0) is 22.9. The number of hydrogen-bond acceptors (Lipinski definition) is 6. The second kappa shape index (κ2) is 8.80. The molecule has 0 saturated heterocycles. The quantitative estimate of drug-likeness (QED) is 0.168. The van der Waals surface area contributed by atoms with Crippen molar-refractivity contribution in [3.05, 3.63) is 94.8 Å². The van der Waals surface area contributed by atoms with E-state index in [4.69, 9.17) is 4.98 Å². The van der Waals surface area contributed by atoms with E-state index >= 15 is 0 Å². The molecule has 0 unspecified atom stereocenters. The highest BCUT2D eigenvalue weighted by molar-refractivity contribution is 7.99. The molecule has 2 amide bonds. The van der Waals surface area contributed by atoms with Crippen molar-refractivity contribution in [3.63, 3.8) is 0 Å². The van der Waals surface area contributed by atoms with Crippen molar-refractivity contribution in [2.45, 2.75) is 11.7 Å². The maximum atomic E-state index is 13.2. The third-order valence-corrected chi connectivity index (χ3v) is 7.44. The first-order valence-corrected chi connectivity index (χ1v) is 12.2. The Bertz CT molecular complexity index is 1420. The SMILES string of the molecule is C=CCn1c(SCCN2C(=O)c3ccccc3C2=O)nc2sc(-c3ccccc3)cc2c1=O. The molecule has 5 rings (SSSR count). The van der Waals surface area contributed by atoms with Crippen LogP contribution >= 0.6 is 23.1 Å². The van der Waals surface area contributed by atoms with Crippen molar-refractivity contribution in [1.29, 1.82) is 0 Å². The van der Waals surface area contributed by atoms with Gasteiger partial charge < -0.3 is 0 Å². The van der Waals surface area contributed by atoms with Gasteiger partial charge in [-0.15, -0.1) is 17.9 Å². The predicted octanol–water partition coefficient (Wildman–Crippen LogP) is 4.70. The molecule has 4 aromatic rings. The molecule has 2 aromatic heterocycles. The first-order valence-electron chi connectivity index (χ1n) is 10.4. The minimum absolute atomic E-state index is 0.124. The van der Waals surface area contributed by atoms with Crippen LogP contribution in [0.2, 0.25) is 0 Å². The number of rotatable bonds is 7. The number of aromatic nitrogens is 2. The normalized spacial score (nSPS) is 13.0. The molecule has 0 radical (unpaired) electrons. The van der Waals surface area contributed by atoms with Crippen LogP contribution in [-0.2, 0) is 6.54 Å². The van der Waals surface area contributed by atoms with Crippen molar-refractivity contribution in [2.24, 2.45) is 0 Å². The van der Waals surface area contributed by atoms with E-state index in [1.54, 1.807) is 34.9 Å². The minimum atomic E-state index is -0.283. The molecule has 0 N–H and O–H groups in total. The number of thiophene rings is 1. The van der Waals surface area contributed by atoms with E-state index < -0.39 is 0 Å². The lowest BCUT2D eigenvalue weighted by Gasteiger charge is -2.14. The van der Waals surface area contributed by atoms with Gasteiger partial charge in [-0.1, -0.05) is 60.3 Å². The highest BCUT2D eigenvalue weighted by Gasteiger charge is 2.34. The summed E-state index contributed by atoms with van der Waals surface area (Å²) in [7, 11) is 0. The van der Waals surface area contributed by atoms with Gasteiger partial charge in [-0.25, -0.2) is 4.98 Å². The van der Waals surface area contributed by atoms with Gasteiger partial charge in [0.15, 0.2) is 5.16 Å². The fourth-order valence-electron chi connectivity index (χ4n) is 3.81. The van der Waals surface area contributed by atoms with Crippen LogP contribution in [0.3, 0.4) is 0 Å². The van der Waals surface area contributed by atoms with Crippen molar-refractivity contribution in [3.8, 4) is 10.4 Å². The number of imide groups is 1. The summed E-state index contributed by atoms with van der Waals surface area (Å²) in [5.74, 6) is -0.139. The molecule has 6 nitrogen and oxygen atoms in total. The van der Waals surface area contributed by atoms with E-state index in [9.17, 15) is 14.4 Å². The largest absolute Gasteiger partial charge is 0.283 e. The van der Waals surface area contributed by atoms with Crippen LogP contribution in [-0.4, -0.2) is 38.6 Å². The fourth-order valence-corrected chi connectivity index (χ4v) is 5.82. The average molecular weight is 474 g/mol. The summed E-state index contributed by atoms with van der Waals surface area (Å²) in [5, 5.41) is 1.12. The standard InChI is InChI=1S/C25H19N3O3S2/c1-2-12-28-24(31)19-15-20(16-8-4-3-5-9-16)33-21(19)26-25(28)32-14-13-27-22(29)17-10-6-7-11-18(17)23(27)30/h2-11,15H,1,12-14H2. The Kier molecular flexibility index (Phi) is 5.70. The zero-order valence-corrected chi connectivity index (χ0v) is 19.2. The van der Waals surface area contributed by atoms with Gasteiger partial charge in [-0.3, -0.25) is 23.9 Å². The number of thioether (sulfide) groups is 1. The Labute approximate surface area is 198 Å². The van der Waals surface area contributed by atoms with Crippen LogP contribution in [0.4, 0.5) is 0 Å². The van der Waals surface area contributed by atoms with Crippen LogP contribution in [0, 0.1) is 0 Å². The molecule has 8 heteroatoms. The number of allylic oxidation sites excluding steroid dienone is 1. The summed E-state index contributed by atoms with van der Waals surface area (Å²) in [6.45, 7) is 4.33. The van der Waals surface area contributed by atoms with Gasteiger partial charge in [-0.2, -0.15) is 0 Å². The third-order valence-electron chi connectivity index (χ3n) is 5.41. The van der Waals surface area contributed by atoms with E-state index in [0.29, 0.717) is 38.8 Å². The van der Waals surface area contributed by atoms with Gasteiger partial charge in [0.2, 0.25) is 0 Å². The lowest BCUT2D eigenvalue weighted by Crippen LogP contribution is -2.32. The maximum Gasteiger partial charge on any atom is 0.263 e. The lowest BCUT2D eigenvalue weighted by atomic mass is 10.1. The molecular formula is C25H19N3O3S2. The van der Waals surface area contributed by atoms with E-state index in [0.717, 1.165) is 10.4 Å². The first-order chi connectivity index (χ1) is 16.1. The van der Waals surface area contributed by atoms with Crippen molar-refractivity contribution < 1.29 is 9.59 Å². The Morgan fingerprint density at radius 3 is 2.30 bits per heavy atom. The molecule has 164 valence electrons. The van der Waals surface area contributed by atoms with E-state index in [1.165, 1.54) is 28.0 Å². The summed E-state index contributed by atoms with van der Waals surface area (Å²) in [5.41, 5.74) is 1.78. The number of fused-ring (bicyclic) bond motifs is 2. The fraction of sp³-hybridized carbons (Fsp3) is 0.120. The molecule has 33 heavy (non-hydrogen) atoms. The van der Waals surface area contributed by atoms with Crippen molar-refractivity contribution in [2.75, 3.05) is 12.3 Å². The summed E-state index contributed by atoms with van der Waals surface area (Å²) in [6, 6.07) is 18.6. The van der Waals surface area contributed by atoms with E-state index in [-0.39, 0.29) is 23.9 Å². The first kappa shape index (κ1) is 21.4. The van der Waals surface area contributed by atoms with Crippen molar-refractivity contribution >= 4 is 45.1 Å². The van der Waals surface area contributed by atoms with Crippen LogP contribution in [0.5, 0.6) is 0 Å². The van der Waals surface area contributed by atoms with Crippen LogP contribution in [0.15, 0.2) is 83.3 Å². The Balaban J connectivity index is 1.41. The smallest absolute Gasteiger partial charge is 0.263 e. The molecule has 0 aliphatic carbocycles. The second-order valence-electron chi connectivity index (χ2n) is 7.45. The zero-order valence-electron chi connectivity index (χ0n) is 17.6. The second-order valence-corrected chi connectivity index (χ2v) is 9.54. The number of benzene rings is 2. The molecule has 0 bridgehead atoms. The number of hydrogen-bond donors (Lipinski definition) is 0. The number of amides is 2. The minimum Gasteiger partial charge on any atom is -0.283 e. The number of carbonyl (C=O) groups is 2. The Morgan fingerprint density at radius 1 is 0.970 bits per heavy atom. The molecule has 1 aliphatic rings. The van der Waals surface area contributed by atoms with Gasteiger partial charge in [0.1, 0.15) is 4.83 Å². The third kappa shape index (κ3) is 3.81. The highest BCUT2D eigenvalue weighted by Crippen LogP contribution is 2.32. The van der Waals surface area contributed by atoms with Crippen LogP contribution in [0.1, 0.15) is 20.7 Å². The summed E-state index contributed by atoms with van der Waals surface area (Å²) < 4.78 is 1.59. The number of nitrogens with zero attached hydrogens (tertiary/aromatic N) is 3. The molecule has 0 saturated carbocycles. The predicted molar refractivity (Wildman–Crippen MR) is 132 cm³/mol. The van der Waals surface area contributed by atoms with Gasteiger partial charge in [0.05, 0.1) is 16.5 Å². The maximum absolute atomic E-state index is 13.2. The topological polar surface area (TPSA) is 72.3 Å². The lowest BCUT2D eigenvalue weighted by molar-refractivity contribution is 0.0664. The monoisotopic (exact) mass is 473 g/mol. The van der Waals surface area contributed by atoms with Crippen LogP contribution in [0.25, 0.3) is 20.7 Å². The molecule has 0 spiro atoms. The molecule has 1 aliphatic heterocycles. The van der Waals surface area contributed by atoms with Gasteiger partial charge in [0.25, 0.3) is 17.4 Å². The van der Waals surface area contributed by atoms with Crippen molar-refractivity contribution in [1.82, 2.24) is 14.5 Å². The molecule has 3 heterocycles. The van der Waals surface area contributed by atoms with Gasteiger partial charge in [0, 0.05) is 23.7 Å². The van der Waals surface area contributed by atoms with Gasteiger partial charge in [-0.05, 0) is 23.8 Å². The van der Waals surface area contributed by atoms with E-state index in [2.05, 4.69) is 6.58 Å². The Hall–Kier alpha value is -3.49. The molecular weight excluding hydrogens is 454 g/mol. The highest BCUT2D eigenvalue weighted by atomic mass is 32.2. The van der Waals surface area contributed by atoms with Gasteiger partial charge >= 0.3 is 0 Å².